The van der Waals surface area contributed by atoms with E-state index in [0.29, 0.717) is 25.1 Å². The molecule has 1 aromatic heterocycles. The molecule has 2 aliphatic heterocycles. The Labute approximate surface area is 174 Å². The average molecular weight is 400 g/mol. The summed E-state index contributed by atoms with van der Waals surface area (Å²) in [7, 11) is 0. The highest BCUT2D eigenvalue weighted by atomic mass is 19.1. The lowest BCUT2D eigenvalue weighted by molar-refractivity contribution is -0.132. The summed E-state index contributed by atoms with van der Waals surface area (Å²) in [5.41, 5.74) is 4.16. The molecule has 3 aromatic rings. The molecule has 5 rings (SSSR count). The topological polar surface area (TPSA) is 61.9 Å². The number of rotatable bonds is 3. The Morgan fingerprint density at radius 2 is 1.93 bits per heavy atom. The van der Waals surface area contributed by atoms with Crippen LogP contribution >= 0.6 is 0 Å². The molecule has 0 saturated carbocycles. The van der Waals surface area contributed by atoms with Gasteiger partial charge in [-0.25, -0.2) is 9.37 Å². The maximum Gasteiger partial charge on any atom is 0.226 e. The highest BCUT2D eigenvalue weighted by molar-refractivity contribution is 5.79. The number of likely N-dealkylation sites (tertiary alicyclic amines) is 1. The molecule has 6 heteroatoms. The number of halogens is 1. The number of carbonyl (C=O) groups is 1. The van der Waals surface area contributed by atoms with Crippen LogP contribution in [0, 0.1) is 23.1 Å². The van der Waals surface area contributed by atoms with Crippen molar-refractivity contribution in [1.29, 1.82) is 5.26 Å². The second kappa shape index (κ2) is 7.42. The molecule has 1 amide bonds. The SMILES string of the molecule is N#Cc1ccc(CC(=O)N2CCC(C3c4c(F)cccc4-c4cncn43)CC2)cc1. The van der Waals surface area contributed by atoms with Gasteiger partial charge in [0.25, 0.3) is 0 Å². The van der Waals surface area contributed by atoms with Crippen molar-refractivity contribution in [2.24, 2.45) is 5.92 Å². The normalized spacial score (nSPS) is 18.0. The molecule has 2 aliphatic rings. The fourth-order valence-corrected chi connectivity index (χ4v) is 4.85. The van der Waals surface area contributed by atoms with E-state index < -0.39 is 0 Å². The Bertz CT molecular complexity index is 1140. The first-order chi connectivity index (χ1) is 14.7. The molecule has 3 heterocycles. The third-order valence-corrected chi connectivity index (χ3v) is 6.37. The minimum atomic E-state index is -0.166. The zero-order chi connectivity index (χ0) is 20.7. The molecule has 0 aliphatic carbocycles. The minimum Gasteiger partial charge on any atom is -0.342 e. The maximum absolute atomic E-state index is 14.7. The fourth-order valence-electron chi connectivity index (χ4n) is 4.85. The molecule has 0 spiro atoms. The summed E-state index contributed by atoms with van der Waals surface area (Å²) < 4.78 is 16.8. The van der Waals surface area contributed by atoms with Crippen LogP contribution in [0.5, 0.6) is 0 Å². The van der Waals surface area contributed by atoms with E-state index >= 15 is 0 Å². The lowest BCUT2D eigenvalue weighted by Gasteiger charge is -2.36. The van der Waals surface area contributed by atoms with Gasteiger partial charge < -0.3 is 9.47 Å². The van der Waals surface area contributed by atoms with Crippen molar-refractivity contribution in [3.05, 3.63) is 77.5 Å². The Balaban J connectivity index is 1.29. The Morgan fingerprint density at radius 1 is 1.17 bits per heavy atom. The summed E-state index contributed by atoms with van der Waals surface area (Å²) in [5, 5.41) is 8.90. The molecule has 1 fully saturated rings. The first-order valence-electron chi connectivity index (χ1n) is 10.2. The van der Waals surface area contributed by atoms with Crippen LogP contribution in [0.1, 0.15) is 35.6 Å². The predicted molar refractivity (Wildman–Crippen MR) is 110 cm³/mol. The molecule has 2 aromatic carbocycles. The van der Waals surface area contributed by atoms with Gasteiger partial charge in [0, 0.05) is 24.2 Å². The van der Waals surface area contributed by atoms with Gasteiger partial charge in [-0.2, -0.15) is 5.26 Å². The number of nitriles is 1. The molecular formula is C24H21FN4O. The van der Waals surface area contributed by atoms with E-state index in [1.54, 1.807) is 30.7 Å². The molecule has 0 bridgehead atoms. The quantitative estimate of drug-likeness (QED) is 0.669. The van der Waals surface area contributed by atoms with Crippen LogP contribution in [0.3, 0.4) is 0 Å². The van der Waals surface area contributed by atoms with Gasteiger partial charge in [0.1, 0.15) is 5.82 Å². The van der Waals surface area contributed by atoms with Crippen LogP contribution in [-0.2, 0) is 11.2 Å². The van der Waals surface area contributed by atoms with E-state index in [0.717, 1.165) is 35.2 Å². The van der Waals surface area contributed by atoms with Crippen LogP contribution in [0.4, 0.5) is 4.39 Å². The monoisotopic (exact) mass is 400 g/mol. The predicted octanol–water partition coefficient (Wildman–Crippen LogP) is 3.94. The van der Waals surface area contributed by atoms with E-state index in [-0.39, 0.29) is 23.7 Å². The van der Waals surface area contributed by atoms with Gasteiger partial charge in [-0.15, -0.1) is 0 Å². The minimum absolute atomic E-state index is 0.0607. The molecule has 5 nitrogen and oxygen atoms in total. The number of imidazole rings is 1. The van der Waals surface area contributed by atoms with Gasteiger partial charge >= 0.3 is 0 Å². The van der Waals surface area contributed by atoms with E-state index in [4.69, 9.17) is 5.26 Å². The van der Waals surface area contributed by atoms with Crippen molar-refractivity contribution >= 4 is 5.91 Å². The van der Waals surface area contributed by atoms with E-state index in [2.05, 4.69) is 15.6 Å². The number of benzene rings is 2. The summed E-state index contributed by atoms with van der Waals surface area (Å²) >= 11 is 0. The number of fused-ring (bicyclic) bond motifs is 3. The average Bonchev–Trinajstić information content (AvgIpc) is 3.36. The summed E-state index contributed by atoms with van der Waals surface area (Å²) in [5.74, 6) is 0.190. The molecule has 0 radical (unpaired) electrons. The van der Waals surface area contributed by atoms with E-state index in [1.807, 2.05) is 23.1 Å². The zero-order valence-corrected chi connectivity index (χ0v) is 16.5. The van der Waals surface area contributed by atoms with Gasteiger partial charge in [0.2, 0.25) is 5.91 Å². The van der Waals surface area contributed by atoms with Gasteiger partial charge in [-0.05, 0) is 42.5 Å². The third kappa shape index (κ3) is 3.07. The number of hydrogen-bond acceptors (Lipinski definition) is 3. The Kier molecular flexibility index (Phi) is 4.59. The number of hydrogen-bond donors (Lipinski definition) is 0. The van der Waals surface area contributed by atoms with E-state index in [1.165, 1.54) is 6.07 Å². The number of carbonyl (C=O) groups excluding carboxylic acids is 1. The largest absolute Gasteiger partial charge is 0.342 e. The van der Waals surface area contributed by atoms with Crippen molar-refractivity contribution in [3.8, 4) is 17.3 Å². The number of aromatic nitrogens is 2. The van der Waals surface area contributed by atoms with Crippen molar-refractivity contribution in [2.75, 3.05) is 13.1 Å². The Hall–Kier alpha value is -3.46. The van der Waals surface area contributed by atoms with Gasteiger partial charge in [0.15, 0.2) is 0 Å². The molecule has 1 unspecified atom stereocenters. The van der Waals surface area contributed by atoms with Gasteiger partial charge in [0.05, 0.1) is 42.3 Å². The van der Waals surface area contributed by atoms with Crippen LogP contribution in [0.15, 0.2) is 55.0 Å². The van der Waals surface area contributed by atoms with Gasteiger partial charge in [-0.1, -0.05) is 24.3 Å². The van der Waals surface area contributed by atoms with Crippen molar-refractivity contribution < 1.29 is 9.18 Å². The van der Waals surface area contributed by atoms with Crippen molar-refractivity contribution in [2.45, 2.75) is 25.3 Å². The second-order valence-corrected chi connectivity index (χ2v) is 8.04. The third-order valence-electron chi connectivity index (χ3n) is 6.37. The second-order valence-electron chi connectivity index (χ2n) is 8.04. The summed E-state index contributed by atoms with van der Waals surface area (Å²) in [4.78, 5) is 18.9. The first-order valence-corrected chi connectivity index (χ1v) is 10.2. The van der Waals surface area contributed by atoms with Crippen LogP contribution in [-0.4, -0.2) is 33.4 Å². The van der Waals surface area contributed by atoms with Gasteiger partial charge in [-0.3, -0.25) is 4.79 Å². The van der Waals surface area contributed by atoms with E-state index in [9.17, 15) is 9.18 Å². The zero-order valence-electron chi connectivity index (χ0n) is 16.5. The molecule has 30 heavy (non-hydrogen) atoms. The first kappa shape index (κ1) is 18.6. The van der Waals surface area contributed by atoms with Crippen LogP contribution in [0.25, 0.3) is 11.3 Å². The number of nitrogens with zero attached hydrogens (tertiary/aromatic N) is 4. The molecule has 0 N–H and O–H groups in total. The van der Waals surface area contributed by atoms with Crippen LogP contribution in [0.2, 0.25) is 0 Å². The molecule has 1 saturated heterocycles. The smallest absolute Gasteiger partial charge is 0.226 e. The number of piperidine rings is 1. The highest BCUT2D eigenvalue weighted by Gasteiger charge is 2.38. The van der Waals surface area contributed by atoms with Crippen LogP contribution < -0.4 is 0 Å². The maximum atomic E-state index is 14.7. The molecular weight excluding hydrogens is 379 g/mol. The number of amides is 1. The lowest BCUT2D eigenvalue weighted by Crippen LogP contribution is -2.41. The van der Waals surface area contributed by atoms with Crippen molar-refractivity contribution in [1.82, 2.24) is 14.5 Å². The fraction of sp³-hybridized carbons (Fsp3) is 0.292. The molecule has 1 atom stereocenters. The summed E-state index contributed by atoms with van der Waals surface area (Å²) in [6.07, 6.45) is 5.59. The van der Waals surface area contributed by atoms with Crippen molar-refractivity contribution in [3.63, 3.8) is 0 Å². The summed E-state index contributed by atoms with van der Waals surface area (Å²) in [6, 6.07) is 14.4. The summed E-state index contributed by atoms with van der Waals surface area (Å²) in [6.45, 7) is 1.34. The molecule has 150 valence electrons. The highest BCUT2D eigenvalue weighted by Crippen LogP contribution is 2.46. The lowest BCUT2D eigenvalue weighted by atomic mass is 9.85. The Morgan fingerprint density at radius 3 is 2.67 bits per heavy atom. The standard InChI is InChI=1S/C24H21FN4O/c25-20-3-1-2-19-21-14-27-15-29(21)24(23(19)20)18-8-10-28(11-9-18)22(30)12-16-4-6-17(13-26)7-5-16/h1-7,14-15,18,24H,8-12H2.